The zero-order chi connectivity index (χ0) is 25.4. The van der Waals surface area contributed by atoms with E-state index < -0.39 is 11.6 Å². The van der Waals surface area contributed by atoms with E-state index in [1.165, 1.54) is 0 Å². The van der Waals surface area contributed by atoms with Gasteiger partial charge >= 0.3 is 6.09 Å². The van der Waals surface area contributed by atoms with E-state index >= 15 is 0 Å². The summed E-state index contributed by atoms with van der Waals surface area (Å²) in [4.78, 5) is 15.8. The Hall–Kier alpha value is -3.03. The quantitative estimate of drug-likeness (QED) is 0.309. The van der Waals surface area contributed by atoms with E-state index in [0.29, 0.717) is 36.1 Å². The lowest BCUT2D eigenvalue weighted by molar-refractivity contribution is 0.126. The van der Waals surface area contributed by atoms with Gasteiger partial charge in [0.25, 0.3) is 0 Å². The summed E-state index contributed by atoms with van der Waals surface area (Å²) in [6.45, 7) is 0.477. The highest BCUT2D eigenvalue weighted by molar-refractivity contribution is 6.33. The Labute approximate surface area is 216 Å². The van der Waals surface area contributed by atoms with Crippen LogP contribution in [0.3, 0.4) is 0 Å². The summed E-state index contributed by atoms with van der Waals surface area (Å²) >= 11 is 6.64. The van der Waals surface area contributed by atoms with Crippen LogP contribution in [-0.4, -0.2) is 39.5 Å². The normalized spacial score (nSPS) is 20.3. The first-order chi connectivity index (χ1) is 17.5. The first kappa shape index (κ1) is 26.0. The van der Waals surface area contributed by atoms with Crippen LogP contribution in [0.5, 0.6) is 11.6 Å². The standard InChI is InChI=1S/C28H33ClN2O5/c29-24-18-23-21(11-15-30-26(23)35-19-20-7-2-1-3-8-20)17-25(24)36-22-9-4-12-28(13-5-10-22,14-6-16-32)31-27(33)34/h1-3,7-8,11,15,17-18,22,31-32H,4-6,9-10,12-14,16,19H2,(H,33,34). The molecule has 36 heavy (non-hydrogen) atoms. The van der Waals surface area contributed by atoms with Gasteiger partial charge in [-0.3, -0.25) is 0 Å². The molecule has 3 aromatic rings. The van der Waals surface area contributed by atoms with Gasteiger partial charge in [-0.05, 0) is 80.5 Å². The molecule has 1 aromatic heterocycles. The van der Waals surface area contributed by atoms with Crippen molar-refractivity contribution in [2.24, 2.45) is 0 Å². The second kappa shape index (κ2) is 12.3. The number of amides is 1. The lowest BCUT2D eigenvalue weighted by Crippen LogP contribution is -2.49. The van der Waals surface area contributed by atoms with Crippen molar-refractivity contribution in [1.29, 1.82) is 0 Å². The van der Waals surface area contributed by atoms with Crippen LogP contribution in [0.25, 0.3) is 10.8 Å². The molecule has 7 nitrogen and oxygen atoms in total. The summed E-state index contributed by atoms with van der Waals surface area (Å²) < 4.78 is 12.3. The summed E-state index contributed by atoms with van der Waals surface area (Å²) in [6.07, 6.45) is 6.62. The lowest BCUT2D eigenvalue weighted by Gasteiger charge is -2.37. The third-order valence-corrected chi connectivity index (χ3v) is 7.14. The number of fused-ring (bicyclic) bond motifs is 1. The zero-order valence-corrected chi connectivity index (χ0v) is 21.0. The Kier molecular flexibility index (Phi) is 8.88. The predicted octanol–water partition coefficient (Wildman–Crippen LogP) is 6.35. The molecule has 3 N–H and O–H groups in total. The van der Waals surface area contributed by atoms with Crippen molar-refractivity contribution in [3.05, 3.63) is 65.3 Å². The molecule has 1 heterocycles. The monoisotopic (exact) mass is 512 g/mol. The Morgan fingerprint density at radius 1 is 1.14 bits per heavy atom. The number of pyridine rings is 1. The maximum atomic E-state index is 11.4. The third-order valence-electron chi connectivity index (χ3n) is 6.84. The van der Waals surface area contributed by atoms with Crippen molar-refractivity contribution in [1.82, 2.24) is 10.3 Å². The molecule has 0 unspecified atom stereocenters. The summed E-state index contributed by atoms with van der Waals surface area (Å²) in [6, 6.07) is 15.6. The summed E-state index contributed by atoms with van der Waals surface area (Å²) in [5, 5.41) is 23.6. The number of halogens is 1. The average Bonchev–Trinajstić information content (AvgIpc) is 2.85. The molecule has 4 rings (SSSR count). The number of nitrogens with one attached hydrogen (secondary N) is 1. The van der Waals surface area contributed by atoms with E-state index in [2.05, 4.69) is 10.3 Å². The molecule has 0 aliphatic heterocycles. The zero-order valence-electron chi connectivity index (χ0n) is 20.3. The van der Waals surface area contributed by atoms with E-state index in [9.17, 15) is 15.0 Å². The number of carbonyl (C=O) groups is 1. The van der Waals surface area contributed by atoms with Crippen LogP contribution < -0.4 is 14.8 Å². The molecule has 1 aliphatic rings. The number of nitrogens with zero attached hydrogens (tertiary/aromatic N) is 1. The van der Waals surface area contributed by atoms with Crippen LogP contribution >= 0.6 is 11.6 Å². The molecule has 0 radical (unpaired) electrons. The summed E-state index contributed by atoms with van der Waals surface area (Å²) in [5.41, 5.74) is 0.578. The predicted molar refractivity (Wildman–Crippen MR) is 140 cm³/mol. The molecule has 8 heteroatoms. The smallest absolute Gasteiger partial charge is 0.405 e. The van der Waals surface area contributed by atoms with Crippen LogP contribution in [-0.2, 0) is 6.61 Å². The molecule has 1 aliphatic carbocycles. The number of aromatic nitrogens is 1. The summed E-state index contributed by atoms with van der Waals surface area (Å²) in [5.74, 6) is 1.16. The number of aliphatic hydroxyl groups excluding tert-OH is 1. The maximum absolute atomic E-state index is 11.4. The van der Waals surface area contributed by atoms with E-state index in [4.69, 9.17) is 21.1 Å². The minimum absolute atomic E-state index is 0.00346. The molecule has 1 saturated carbocycles. The van der Waals surface area contributed by atoms with E-state index in [1.54, 1.807) is 6.20 Å². The van der Waals surface area contributed by atoms with Crippen LogP contribution in [0.1, 0.15) is 56.9 Å². The number of aliphatic hydroxyl groups is 1. The fourth-order valence-corrected chi connectivity index (χ4v) is 5.27. The molecular formula is C28H33ClN2O5. The van der Waals surface area contributed by atoms with Crippen LogP contribution in [0, 0.1) is 0 Å². The number of carboxylic acid groups (broad SMARTS) is 1. The molecule has 1 fully saturated rings. The number of hydrogen-bond donors (Lipinski definition) is 3. The molecular weight excluding hydrogens is 480 g/mol. The third kappa shape index (κ3) is 6.80. The Bertz CT molecular complexity index is 1150. The fourth-order valence-electron chi connectivity index (χ4n) is 5.06. The van der Waals surface area contributed by atoms with Crippen molar-refractivity contribution < 1.29 is 24.5 Å². The number of hydrogen-bond acceptors (Lipinski definition) is 5. The SMILES string of the molecule is O=C(O)NC1(CCCO)CCCC(Oc2cc3ccnc(OCc4ccccc4)c3cc2Cl)CCC1. The number of ether oxygens (including phenoxy) is 2. The van der Waals surface area contributed by atoms with Crippen molar-refractivity contribution in [3.63, 3.8) is 0 Å². The van der Waals surface area contributed by atoms with Crippen molar-refractivity contribution >= 4 is 28.5 Å². The minimum atomic E-state index is -1.01. The Morgan fingerprint density at radius 3 is 2.58 bits per heavy atom. The number of benzene rings is 2. The second-order valence-corrected chi connectivity index (χ2v) is 9.86. The van der Waals surface area contributed by atoms with Crippen LogP contribution in [0.15, 0.2) is 54.7 Å². The van der Waals surface area contributed by atoms with Gasteiger partial charge in [-0.2, -0.15) is 0 Å². The highest BCUT2D eigenvalue weighted by Gasteiger charge is 2.33. The largest absolute Gasteiger partial charge is 0.489 e. The first-order valence-electron chi connectivity index (χ1n) is 12.5. The maximum Gasteiger partial charge on any atom is 0.405 e. The molecule has 0 bridgehead atoms. The fraction of sp³-hybridized carbons (Fsp3) is 0.429. The highest BCUT2D eigenvalue weighted by Crippen LogP contribution is 2.37. The highest BCUT2D eigenvalue weighted by atomic mass is 35.5. The van der Waals surface area contributed by atoms with Crippen molar-refractivity contribution in [2.45, 2.75) is 69.6 Å². The molecule has 0 saturated heterocycles. The summed E-state index contributed by atoms with van der Waals surface area (Å²) in [7, 11) is 0. The molecule has 1 amide bonds. The van der Waals surface area contributed by atoms with Gasteiger partial charge in [0, 0.05) is 23.7 Å². The van der Waals surface area contributed by atoms with Crippen molar-refractivity contribution in [3.8, 4) is 11.6 Å². The van der Waals surface area contributed by atoms with Crippen molar-refractivity contribution in [2.75, 3.05) is 6.61 Å². The van der Waals surface area contributed by atoms with Crippen LogP contribution in [0.4, 0.5) is 4.79 Å². The van der Waals surface area contributed by atoms with E-state index in [-0.39, 0.29) is 12.7 Å². The van der Waals surface area contributed by atoms with Gasteiger partial charge in [0.2, 0.25) is 5.88 Å². The van der Waals surface area contributed by atoms with Gasteiger partial charge < -0.3 is 25.0 Å². The number of rotatable bonds is 9. The average molecular weight is 513 g/mol. The minimum Gasteiger partial charge on any atom is -0.489 e. The Morgan fingerprint density at radius 2 is 1.89 bits per heavy atom. The second-order valence-electron chi connectivity index (χ2n) is 9.46. The van der Waals surface area contributed by atoms with Gasteiger partial charge in [-0.15, -0.1) is 0 Å². The van der Waals surface area contributed by atoms with E-state index in [0.717, 1.165) is 54.9 Å². The van der Waals surface area contributed by atoms with Gasteiger partial charge in [0.1, 0.15) is 12.4 Å². The molecule has 0 atom stereocenters. The van der Waals surface area contributed by atoms with Gasteiger partial charge in [0.15, 0.2) is 0 Å². The van der Waals surface area contributed by atoms with Gasteiger partial charge in [-0.25, -0.2) is 9.78 Å². The lowest BCUT2D eigenvalue weighted by atomic mass is 9.80. The van der Waals surface area contributed by atoms with E-state index in [1.807, 2.05) is 48.5 Å². The Balaban J connectivity index is 1.43. The van der Waals surface area contributed by atoms with Gasteiger partial charge in [0.05, 0.1) is 11.1 Å². The van der Waals surface area contributed by atoms with Gasteiger partial charge in [-0.1, -0.05) is 41.9 Å². The molecule has 192 valence electrons. The molecule has 0 spiro atoms. The molecule has 2 aromatic carbocycles. The van der Waals surface area contributed by atoms with Crippen LogP contribution in [0.2, 0.25) is 5.02 Å². The topological polar surface area (TPSA) is 101 Å². The first-order valence-corrected chi connectivity index (χ1v) is 12.9.